The van der Waals surface area contributed by atoms with Crippen molar-refractivity contribution in [2.75, 3.05) is 6.54 Å². The zero-order valence-electron chi connectivity index (χ0n) is 14.4. The van der Waals surface area contributed by atoms with E-state index in [0.717, 1.165) is 6.54 Å². The normalized spacial score (nSPS) is 12.7. The molecule has 1 aromatic heterocycles. The second-order valence-electron chi connectivity index (χ2n) is 6.24. The highest BCUT2D eigenvalue weighted by molar-refractivity contribution is 7.10. The number of hydrogen-bond acceptors (Lipinski definition) is 2. The molecule has 0 saturated carbocycles. The van der Waals surface area contributed by atoms with E-state index >= 15 is 0 Å². The predicted octanol–water partition coefficient (Wildman–Crippen LogP) is 6.63. The molecule has 0 bridgehead atoms. The third-order valence-electron chi connectivity index (χ3n) is 4.21. The van der Waals surface area contributed by atoms with E-state index in [0.29, 0.717) is 6.04 Å². The summed E-state index contributed by atoms with van der Waals surface area (Å²) >= 11 is 1.92. The zero-order chi connectivity index (χ0) is 15.3. The average Bonchev–Trinajstić information content (AvgIpc) is 2.91. The summed E-state index contributed by atoms with van der Waals surface area (Å²) in [5.74, 6) is 0. The SMILES string of the molecule is CCCCCCCCCCC(NCCC)c1sccc1C. The topological polar surface area (TPSA) is 12.0 Å². The van der Waals surface area contributed by atoms with E-state index in [9.17, 15) is 0 Å². The summed E-state index contributed by atoms with van der Waals surface area (Å²) in [6.45, 7) is 7.93. The van der Waals surface area contributed by atoms with Gasteiger partial charge in [0, 0.05) is 10.9 Å². The van der Waals surface area contributed by atoms with Crippen LogP contribution in [-0.4, -0.2) is 6.54 Å². The molecular weight excluding hydrogens is 274 g/mol. The van der Waals surface area contributed by atoms with Gasteiger partial charge in [-0.2, -0.15) is 0 Å². The summed E-state index contributed by atoms with van der Waals surface area (Å²) in [5.41, 5.74) is 1.47. The first kappa shape index (κ1) is 18.7. The first-order chi connectivity index (χ1) is 10.3. The lowest BCUT2D eigenvalue weighted by Gasteiger charge is -2.18. The summed E-state index contributed by atoms with van der Waals surface area (Å²) in [5, 5.41) is 5.98. The second kappa shape index (κ2) is 12.2. The fourth-order valence-corrected chi connectivity index (χ4v) is 3.91. The van der Waals surface area contributed by atoms with Crippen LogP contribution in [0.2, 0.25) is 0 Å². The molecule has 0 aliphatic carbocycles. The molecule has 1 nitrogen and oxygen atoms in total. The Labute approximate surface area is 136 Å². The van der Waals surface area contributed by atoms with Crippen molar-refractivity contribution >= 4 is 11.3 Å². The smallest absolute Gasteiger partial charge is 0.0417 e. The summed E-state index contributed by atoms with van der Waals surface area (Å²) in [7, 11) is 0. The maximum atomic E-state index is 3.74. The van der Waals surface area contributed by atoms with Gasteiger partial charge in [-0.15, -0.1) is 11.3 Å². The van der Waals surface area contributed by atoms with Crippen LogP contribution in [0, 0.1) is 6.92 Å². The Morgan fingerprint density at radius 3 is 2.19 bits per heavy atom. The summed E-state index contributed by atoms with van der Waals surface area (Å²) in [4.78, 5) is 1.56. The molecule has 0 radical (unpaired) electrons. The molecule has 0 aliphatic rings. The van der Waals surface area contributed by atoms with Gasteiger partial charge in [-0.1, -0.05) is 65.2 Å². The zero-order valence-corrected chi connectivity index (χ0v) is 15.2. The molecule has 1 N–H and O–H groups in total. The van der Waals surface area contributed by atoms with Crippen molar-refractivity contribution in [1.82, 2.24) is 5.32 Å². The van der Waals surface area contributed by atoms with Crippen LogP contribution in [0.4, 0.5) is 0 Å². The Kier molecular flexibility index (Phi) is 10.9. The highest BCUT2D eigenvalue weighted by Gasteiger charge is 2.13. The monoisotopic (exact) mass is 309 g/mol. The van der Waals surface area contributed by atoms with E-state index in [1.165, 1.54) is 69.8 Å². The van der Waals surface area contributed by atoms with Crippen molar-refractivity contribution in [1.29, 1.82) is 0 Å². The van der Waals surface area contributed by atoms with Crippen molar-refractivity contribution in [3.63, 3.8) is 0 Å². The van der Waals surface area contributed by atoms with Crippen LogP contribution in [0.3, 0.4) is 0 Å². The van der Waals surface area contributed by atoms with Gasteiger partial charge in [0.2, 0.25) is 0 Å². The van der Waals surface area contributed by atoms with Crippen molar-refractivity contribution in [2.45, 2.75) is 91.0 Å². The largest absolute Gasteiger partial charge is 0.309 e. The summed E-state index contributed by atoms with van der Waals surface area (Å²) < 4.78 is 0. The molecule has 21 heavy (non-hydrogen) atoms. The number of nitrogens with one attached hydrogen (secondary N) is 1. The third kappa shape index (κ3) is 8.01. The van der Waals surface area contributed by atoms with Gasteiger partial charge in [0.25, 0.3) is 0 Å². The van der Waals surface area contributed by atoms with Crippen LogP contribution in [0.25, 0.3) is 0 Å². The van der Waals surface area contributed by atoms with Gasteiger partial charge in [-0.25, -0.2) is 0 Å². The minimum atomic E-state index is 0.588. The van der Waals surface area contributed by atoms with Gasteiger partial charge in [-0.3, -0.25) is 0 Å². The maximum absolute atomic E-state index is 3.74. The fourth-order valence-electron chi connectivity index (χ4n) is 2.87. The predicted molar refractivity (Wildman–Crippen MR) is 97.3 cm³/mol. The summed E-state index contributed by atoms with van der Waals surface area (Å²) in [6, 6.07) is 2.85. The Balaban J connectivity index is 2.20. The Bertz CT molecular complexity index is 345. The fraction of sp³-hybridized carbons (Fsp3) is 0.789. The molecular formula is C19H35NS. The standard InChI is InChI=1S/C19H35NS/c1-4-6-7-8-9-10-11-12-13-18(20-15-5-2)19-17(3)14-16-21-19/h14,16,18,20H,4-13,15H2,1-3H3. The van der Waals surface area contributed by atoms with Crippen LogP contribution in [0.1, 0.15) is 94.5 Å². The molecule has 0 aliphatic heterocycles. The summed E-state index contributed by atoms with van der Waals surface area (Å²) in [6.07, 6.45) is 13.8. The highest BCUT2D eigenvalue weighted by atomic mass is 32.1. The molecule has 0 fully saturated rings. The van der Waals surface area contributed by atoms with E-state index in [1.54, 1.807) is 4.88 Å². The van der Waals surface area contributed by atoms with Crippen LogP contribution in [-0.2, 0) is 0 Å². The molecule has 1 unspecified atom stereocenters. The first-order valence-electron chi connectivity index (χ1n) is 9.07. The van der Waals surface area contributed by atoms with E-state index in [2.05, 4.69) is 37.5 Å². The molecule has 0 spiro atoms. The molecule has 1 aromatic rings. The molecule has 1 rings (SSSR count). The van der Waals surface area contributed by atoms with Gasteiger partial charge in [0.15, 0.2) is 0 Å². The molecule has 122 valence electrons. The number of hydrogen-bond donors (Lipinski definition) is 1. The maximum Gasteiger partial charge on any atom is 0.0417 e. The lowest BCUT2D eigenvalue weighted by atomic mass is 10.0. The van der Waals surface area contributed by atoms with Crippen LogP contribution >= 0.6 is 11.3 Å². The quantitative estimate of drug-likeness (QED) is 0.403. The average molecular weight is 310 g/mol. The molecule has 0 amide bonds. The van der Waals surface area contributed by atoms with Crippen molar-refractivity contribution < 1.29 is 0 Å². The van der Waals surface area contributed by atoms with Gasteiger partial charge in [0.05, 0.1) is 0 Å². The van der Waals surface area contributed by atoms with Gasteiger partial charge < -0.3 is 5.32 Å². The molecule has 2 heteroatoms. The lowest BCUT2D eigenvalue weighted by Crippen LogP contribution is -2.21. The minimum Gasteiger partial charge on any atom is -0.309 e. The Morgan fingerprint density at radius 2 is 1.62 bits per heavy atom. The highest BCUT2D eigenvalue weighted by Crippen LogP contribution is 2.28. The first-order valence-corrected chi connectivity index (χ1v) is 9.94. The third-order valence-corrected chi connectivity index (χ3v) is 5.34. The van der Waals surface area contributed by atoms with E-state index < -0.39 is 0 Å². The van der Waals surface area contributed by atoms with Crippen molar-refractivity contribution in [2.24, 2.45) is 0 Å². The number of rotatable bonds is 13. The van der Waals surface area contributed by atoms with Gasteiger partial charge in [-0.05, 0) is 43.3 Å². The van der Waals surface area contributed by atoms with Crippen LogP contribution in [0.15, 0.2) is 11.4 Å². The molecule has 0 aromatic carbocycles. The van der Waals surface area contributed by atoms with Gasteiger partial charge in [0.1, 0.15) is 0 Å². The van der Waals surface area contributed by atoms with Gasteiger partial charge >= 0.3 is 0 Å². The second-order valence-corrected chi connectivity index (χ2v) is 7.19. The minimum absolute atomic E-state index is 0.588. The van der Waals surface area contributed by atoms with E-state index in [4.69, 9.17) is 0 Å². The lowest BCUT2D eigenvalue weighted by molar-refractivity contribution is 0.469. The Hall–Kier alpha value is -0.340. The number of aryl methyl sites for hydroxylation is 1. The number of unbranched alkanes of at least 4 members (excludes halogenated alkanes) is 7. The number of thiophene rings is 1. The van der Waals surface area contributed by atoms with Crippen molar-refractivity contribution in [3.8, 4) is 0 Å². The van der Waals surface area contributed by atoms with Crippen LogP contribution in [0.5, 0.6) is 0 Å². The molecule has 1 atom stereocenters. The van der Waals surface area contributed by atoms with E-state index in [1.807, 2.05) is 11.3 Å². The van der Waals surface area contributed by atoms with Crippen molar-refractivity contribution in [3.05, 3.63) is 21.9 Å². The van der Waals surface area contributed by atoms with E-state index in [-0.39, 0.29) is 0 Å². The molecule has 0 saturated heterocycles. The molecule has 1 heterocycles. The van der Waals surface area contributed by atoms with Crippen LogP contribution < -0.4 is 5.32 Å². The Morgan fingerprint density at radius 1 is 0.952 bits per heavy atom.